The average Bonchev–Trinajstić information content (AvgIpc) is 3.02. The Balaban J connectivity index is 2.00. The van der Waals surface area contributed by atoms with Gasteiger partial charge in [0.05, 0.1) is 5.69 Å². The number of hydrogen-bond donors (Lipinski definition) is 1. The van der Waals surface area contributed by atoms with Gasteiger partial charge in [-0.15, -0.1) is 0 Å². The molecule has 0 fully saturated rings. The third-order valence-electron chi connectivity index (χ3n) is 3.83. The van der Waals surface area contributed by atoms with Crippen LogP contribution in [0.2, 0.25) is 0 Å². The van der Waals surface area contributed by atoms with Crippen LogP contribution in [0.1, 0.15) is 30.8 Å². The lowest BCUT2D eigenvalue weighted by atomic mass is 10.0. The summed E-state index contributed by atoms with van der Waals surface area (Å²) in [6.45, 7) is 4.82. The van der Waals surface area contributed by atoms with Crippen molar-refractivity contribution in [2.75, 3.05) is 13.6 Å². The maximum absolute atomic E-state index is 12.4. The van der Waals surface area contributed by atoms with E-state index in [1.165, 1.54) is 0 Å². The summed E-state index contributed by atoms with van der Waals surface area (Å²) in [4.78, 5) is 14.1. The summed E-state index contributed by atoms with van der Waals surface area (Å²) >= 11 is 0. The van der Waals surface area contributed by atoms with Crippen LogP contribution < -0.4 is 5.73 Å². The number of benzene rings is 1. The highest BCUT2D eigenvalue weighted by atomic mass is 16.2. The fourth-order valence-electron chi connectivity index (χ4n) is 2.14. The van der Waals surface area contributed by atoms with E-state index in [-0.39, 0.29) is 11.9 Å². The third-order valence-corrected chi connectivity index (χ3v) is 3.83. The van der Waals surface area contributed by atoms with E-state index in [4.69, 9.17) is 5.73 Å². The zero-order valence-electron chi connectivity index (χ0n) is 13.4. The van der Waals surface area contributed by atoms with Crippen molar-refractivity contribution in [1.82, 2.24) is 14.7 Å². The molecular formula is C17H24N4O. The van der Waals surface area contributed by atoms with Gasteiger partial charge in [0.15, 0.2) is 5.69 Å². The molecule has 2 rings (SSSR count). The van der Waals surface area contributed by atoms with Crippen molar-refractivity contribution in [3.63, 3.8) is 0 Å². The maximum atomic E-state index is 12.4. The second-order valence-electron chi connectivity index (χ2n) is 5.90. The summed E-state index contributed by atoms with van der Waals surface area (Å²) in [6.07, 6.45) is 2.59. The highest BCUT2D eigenvalue weighted by Crippen LogP contribution is 2.09. The number of hydrogen-bond acceptors (Lipinski definition) is 3. The van der Waals surface area contributed by atoms with Crippen LogP contribution in [-0.2, 0) is 0 Å². The van der Waals surface area contributed by atoms with E-state index in [2.05, 4.69) is 18.9 Å². The normalized spacial score (nSPS) is 12.4. The number of rotatable bonds is 6. The van der Waals surface area contributed by atoms with E-state index < -0.39 is 0 Å². The first-order chi connectivity index (χ1) is 10.5. The fraction of sp³-hybridized carbons (Fsp3) is 0.412. The summed E-state index contributed by atoms with van der Waals surface area (Å²) in [6, 6.07) is 11.6. The first-order valence-corrected chi connectivity index (χ1v) is 7.61. The molecule has 1 heterocycles. The smallest absolute Gasteiger partial charge is 0.274 e. The molecule has 0 aliphatic carbocycles. The SMILES string of the molecule is CC(C)C(N)CCN(C)C(=O)c1ccn(-c2ccccc2)n1. The fourth-order valence-corrected chi connectivity index (χ4v) is 2.14. The lowest BCUT2D eigenvalue weighted by molar-refractivity contribution is 0.0783. The molecule has 22 heavy (non-hydrogen) atoms. The quantitative estimate of drug-likeness (QED) is 0.890. The average molecular weight is 300 g/mol. The number of carbonyl (C=O) groups excluding carboxylic acids is 1. The maximum Gasteiger partial charge on any atom is 0.274 e. The highest BCUT2D eigenvalue weighted by molar-refractivity contribution is 5.92. The predicted octanol–water partition coefficient (Wildman–Crippen LogP) is 2.32. The monoisotopic (exact) mass is 300 g/mol. The van der Waals surface area contributed by atoms with Gasteiger partial charge in [-0.2, -0.15) is 5.10 Å². The van der Waals surface area contributed by atoms with Crippen molar-refractivity contribution in [3.05, 3.63) is 48.3 Å². The minimum atomic E-state index is -0.0781. The molecule has 1 aromatic carbocycles. The van der Waals surface area contributed by atoms with Gasteiger partial charge >= 0.3 is 0 Å². The van der Waals surface area contributed by atoms with E-state index in [9.17, 15) is 4.79 Å². The zero-order valence-corrected chi connectivity index (χ0v) is 13.4. The molecule has 0 aliphatic rings. The molecule has 1 atom stereocenters. The largest absolute Gasteiger partial charge is 0.340 e. The summed E-state index contributed by atoms with van der Waals surface area (Å²) in [5.41, 5.74) is 7.41. The van der Waals surface area contributed by atoms with Crippen LogP contribution in [-0.4, -0.2) is 40.2 Å². The second kappa shape index (κ2) is 7.22. The lowest BCUT2D eigenvalue weighted by Gasteiger charge is -2.20. The Labute approximate surface area is 131 Å². The molecule has 5 nitrogen and oxygen atoms in total. The van der Waals surface area contributed by atoms with Gasteiger partial charge < -0.3 is 10.6 Å². The number of nitrogens with zero attached hydrogens (tertiary/aromatic N) is 3. The molecule has 1 amide bonds. The number of nitrogens with two attached hydrogens (primary N) is 1. The molecule has 118 valence electrons. The Morgan fingerprint density at radius 3 is 2.59 bits per heavy atom. The summed E-state index contributed by atoms with van der Waals surface area (Å²) in [5, 5.41) is 4.36. The van der Waals surface area contributed by atoms with Crippen molar-refractivity contribution in [3.8, 4) is 5.69 Å². The first-order valence-electron chi connectivity index (χ1n) is 7.61. The van der Waals surface area contributed by atoms with Crippen molar-refractivity contribution >= 4 is 5.91 Å². The molecule has 1 aromatic heterocycles. The Kier molecular flexibility index (Phi) is 5.33. The Hall–Kier alpha value is -2.14. The van der Waals surface area contributed by atoms with Crippen LogP contribution in [0.4, 0.5) is 0 Å². The summed E-state index contributed by atoms with van der Waals surface area (Å²) in [7, 11) is 1.79. The Morgan fingerprint density at radius 2 is 1.95 bits per heavy atom. The number of amides is 1. The van der Waals surface area contributed by atoms with Gasteiger partial charge in [-0.25, -0.2) is 4.68 Å². The number of carbonyl (C=O) groups is 1. The lowest BCUT2D eigenvalue weighted by Crippen LogP contribution is -2.34. The van der Waals surface area contributed by atoms with Crippen molar-refractivity contribution in [1.29, 1.82) is 0 Å². The molecule has 5 heteroatoms. The van der Waals surface area contributed by atoms with Gasteiger partial charge in [-0.1, -0.05) is 32.0 Å². The van der Waals surface area contributed by atoms with Crippen LogP contribution in [0.15, 0.2) is 42.6 Å². The number of para-hydroxylation sites is 1. The van der Waals surface area contributed by atoms with E-state index in [0.717, 1.165) is 12.1 Å². The zero-order chi connectivity index (χ0) is 16.1. The molecule has 0 saturated heterocycles. The minimum Gasteiger partial charge on any atom is -0.340 e. The van der Waals surface area contributed by atoms with Gasteiger partial charge in [-0.3, -0.25) is 4.79 Å². The summed E-state index contributed by atoms with van der Waals surface area (Å²) < 4.78 is 1.71. The standard InChI is InChI=1S/C17H24N4O/c1-13(2)15(18)9-11-20(3)17(22)16-10-12-21(19-16)14-7-5-4-6-8-14/h4-8,10,12-13,15H,9,11,18H2,1-3H3. The Bertz CT molecular complexity index is 606. The molecule has 0 saturated carbocycles. The van der Waals surface area contributed by atoms with Crippen molar-refractivity contribution in [2.24, 2.45) is 11.7 Å². The van der Waals surface area contributed by atoms with E-state index in [0.29, 0.717) is 18.2 Å². The van der Waals surface area contributed by atoms with E-state index >= 15 is 0 Å². The minimum absolute atomic E-state index is 0.0781. The molecular weight excluding hydrogens is 276 g/mol. The molecule has 2 aromatic rings. The summed E-state index contributed by atoms with van der Waals surface area (Å²) in [5.74, 6) is 0.339. The number of aromatic nitrogens is 2. The van der Waals surface area contributed by atoms with Gasteiger partial charge in [0.1, 0.15) is 0 Å². The van der Waals surface area contributed by atoms with E-state index in [1.807, 2.05) is 30.3 Å². The Morgan fingerprint density at radius 1 is 1.27 bits per heavy atom. The van der Waals surface area contributed by atoms with Gasteiger partial charge in [0.2, 0.25) is 0 Å². The second-order valence-corrected chi connectivity index (χ2v) is 5.90. The molecule has 1 unspecified atom stereocenters. The van der Waals surface area contributed by atoms with Crippen molar-refractivity contribution in [2.45, 2.75) is 26.3 Å². The van der Waals surface area contributed by atoms with Crippen molar-refractivity contribution < 1.29 is 4.79 Å². The first kappa shape index (κ1) is 16.2. The predicted molar refractivity (Wildman–Crippen MR) is 88.0 cm³/mol. The van der Waals surface area contributed by atoms with Crippen LogP contribution >= 0.6 is 0 Å². The molecule has 0 aliphatic heterocycles. The van der Waals surface area contributed by atoms with E-state index in [1.54, 1.807) is 28.9 Å². The molecule has 0 bridgehead atoms. The van der Waals surface area contributed by atoms with Gasteiger partial charge in [-0.05, 0) is 30.5 Å². The van der Waals surface area contributed by atoms with Crippen LogP contribution in [0.3, 0.4) is 0 Å². The van der Waals surface area contributed by atoms with Gasteiger partial charge in [0.25, 0.3) is 5.91 Å². The topological polar surface area (TPSA) is 64.2 Å². The van der Waals surface area contributed by atoms with Crippen LogP contribution in [0, 0.1) is 5.92 Å². The molecule has 0 radical (unpaired) electrons. The van der Waals surface area contributed by atoms with Crippen LogP contribution in [0.5, 0.6) is 0 Å². The highest BCUT2D eigenvalue weighted by Gasteiger charge is 2.16. The third kappa shape index (κ3) is 3.95. The molecule has 2 N–H and O–H groups in total. The van der Waals surface area contributed by atoms with Gasteiger partial charge in [0, 0.05) is 25.8 Å². The molecule has 0 spiro atoms. The van der Waals surface area contributed by atoms with Crippen LogP contribution in [0.25, 0.3) is 5.69 Å².